The Kier molecular flexibility index (Phi) is 5.56. The van der Waals surface area contributed by atoms with Crippen molar-refractivity contribution in [3.8, 4) is 0 Å². The van der Waals surface area contributed by atoms with E-state index in [0.29, 0.717) is 13.0 Å². The summed E-state index contributed by atoms with van der Waals surface area (Å²) in [6.45, 7) is 2.72. The maximum atomic E-state index is 11.6. The Morgan fingerprint density at radius 2 is 2.25 bits per heavy atom. The number of carbonyl (C=O) groups is 1. The summed E-state index contributed by atoms with van der Waals surface area (Å²) < 4.78 is 5.41. The van der Waals surface area contributed by atoms with Gasteiger partial charge in [-0.3, -0.25) is 4.79 Å². The second-order valence-corrected chi connectivity index (χ2v) is 5.18. The molecular formula is C12H22ClNO2. The van der Waals surface area contributed by atoms with E-state index >= 15 is 0 Å². The number of amides is 1. The van der Waals surface area contributed by atoms with Gasteiger partial charge in [0.25, 0.3) is 0 Å². The Morgan fingerprint density at radius 1 is 1.56 bits per heavy atom. The highest BCUT2D eigenvalue weighted by Crippen LogP contribution is 2.37. The van der Waals surface area contributed by atoms with Gasteiger partial charge in [-0.2, -0.15) is 0 Å². The van der Waals surface area contributed by atoms with Crippen molar-refractivity contribution in [2.24, 2.45) is 0 Å². The molecule has 1 aliphatic carbocycles. The van der Waals surface area contributed by atoms with Crippen LogP contribution in [0.2, 0.25) is 0 Å². The number of halogens is 1. The maximum absolute atomic E-state index is 11.6. The standard InChI is InChI=1S/C12H22ClNO2/c1-3-10(13)5-8-14-11(15)9-12(16-2)6-4-7-12/h10H,3-9H2,1-2H3,(H,14,15). The molecule has 1 rings (SSSR count). The summed E-state index contributed by atoms with van der Waals surface area (Å²) in [4.78, 5) is 11.6. The van der Waals surface area contributed by atoms with Crippen LogP contribution in [-0.2, 0) is 9.53 Å². The first kappa shape index (κ1) is 13.8. The molecule has 1 N–H and O–H groups in total. The van der Waals surface area contributed by atoms with E-state index in [1.165, 1.54) is 6.42 Å². The van der Waals surface area contributed by atoms with Crippen LogP contribution in [0.15, 0.2) is 0 Å². The Hall–Kier alpha value is -0.280. The molecule has 0 aromatic rings. The number of carbonyl (C=O) groups excluding carboxylic acids is 1. The SMILES string of the molecule is CCC(Cl)CCNC(=O)CC1(OC)CCC1. The number of rotatable bonds is 7. The van der Waals surface area contributed by atoms with E-state index in [2.05, 4.69) is 5.32 Å². The van der Waals surface area contributed by atoms with Crippen LogP contribution >= 0.6 is 11.6 Å². The zero-order valence-electron chi connectivity index (χ0n) is 10.2. The molecule has 1 fully saturated rings. The molecule has 1 unspecified atom stereocenters. The lowest BCUT2D eigenvalue weighted by Crippen LogP contribution is -2.44. The fraction of sp³-hybridized carbons (Fsp3) is 0.917. The van der Waals surface area contributed by atoms with Crippen molar-refractivity contribution >= 4 is 17.5 Å². The lowest BCUT2D eigenvalue weighted by molar-refractivity contribution is -0.134. The molecule has 1 aliphatic rings. The first-order chi connectivity index (χ1) is 7.62. The van der Waals surface area contributed by atoms with Gasteiger partial charge in [0.1, 0.15) is 0 Å². The van der Waals surface area contributed by atoms with Crippen molar-refractivity contribution in [1.82, 2.24) is 5.32 Å². The quantitative estimate of drug-likeness (QED) is 0.702. The molecule has 1 amide bonds. The number of methoxy groups -OCH3 is 1. The molecule has 4 heteroatoms. The fourth-order valence-electron chi connectivity index (χ4n) is 1.95. The first-order valence-corrected chi connectivity index (χ1v) is 6.51. The summed E-state index contributed by atoms with van der Waals surface area (Å²) in [7, 11) is 1.69. The maximum Gasteiger partial charge on any atom is 0.222 e. The van der Waals surface area contributed by atoms with Gasteiger partial charge in [0.05, 0.1) is 12.0 Å². The molecule has 1 atom stereocenters. The van der Waals surface area contributed by atoms with Crippen LogP contribution < -0.4 is 5.32 Å². The van der Waals surface area contributed by atoms with Crippen LogP contribution in [0.25, 0.3) is 0 Å². The third-order valence-electron chi connectivity index (χ3n) is 3.40. The number of hydrogen-bond donors (Lipinski definition) is 1. The molecule has 0 radical (unpaired) electrons. The normalized spacial score (nSPS) is 19.9. The highest BCUT2D eigenvalue weighted by Gasteiger charge is 2.38. The molecule has 0 bridgehead atoms. The third kappa shape index (κ3) is 3.95. The second-order valence-electron chi connectivity index (χ2n) is 4.56. The van der Waals surface area contributed by atoms with Crippen LogP contribution in [-0.4, -0.2) is 30.5 Å². The minimum Gasteiger partial charge on any atom is -0.378 e. The van der Waals surface area contributed by atoms with Crippen LogP contribution in [0, 0.1) is 0 Å². The van der Waals surface area contributed by atoms with E-state index in [1.54, 1.807) is 7.11 Å². The summed E-state index contributed by atoms with van der Waals surface area (Å²) in [5, 5.41) is 3.07. The molecule has 0 aliphatic heterocycles. The van der Waals surface area contributed by atoms with Crippen molar-refractivity contribution in [2.45, 2.75) is 56.4 Å². The number of alkyl halides is 1. The van der Waals surface area contributed by atoms with Crippen molar-refractivity contribution in [3.05, 3.63) is 0 Å². The monoisotopic (exact) mass is 247 g/mol. The highest BCUT2D eigenvalue weighted by molar-refractivity contribution is 6.20. The molecular weight excluding hydrogens is 226 g/mol. The van der Waals surface area contributed by atoms with Crippen LogP contribution in [0.4, 0.5) is 0 Å². The molecule has 0 spiro atoms. The minimum atomic E-state index is -0.171. The third-order valence-corrected chi connectivity index (χ3v) is 3.93. The topological polar surface area (TPSA) is 38.3 Å². The summed E-state index contributed by atoms with van der Waals surface area (Å²) >= 11 is 5.97. The number of ether oxygens (including phenoxy) is 1. The zero-order valence-corrected chi connectivity index (χ0v) is 11.0. The van der Waals surface area contributed by atoms with E-state index in [4.69, 9.17) is 16.3 Å². The number of hydrogen-bond acceptors (Lipinski definition) is 2. The van der Waals surface area contributed by atoms with Crippen LogP contribution in [0.3, 0.4) is 0 Å². The van der Waals surface area contributed by atoms with Crippen molar-refractivity contribution in [2.75, 3.05) is 13.7 Å². The van der Waals surface area contributed by atoms with Gasteiger partial charge in [0, 0.05) is 19.0 Å². The lowest BCUT2D eigenvalue weighted by Gasteiger charge is -2.39. The van der Waals surface area contributed by atoms with Gasteiger partial charge in [-0.1, -0.05) is 6.92 Å². The Balaban J connectivity index is 2.15. The number of nitrogens with one attached hydrogen (secondary N) is 1. The smallest absolute Gasteiger partial charge is 0.222 e. The van der Waals surface area contributed by atoms with E-state index in [9.17, 15) is 4.79 Å². The van der Waals surface area contributed by atoms with Crippen molar-refractivity contribution in [3.63, 3.8) is 0 Å². The van der Waals surface area contributed by atoms with E-state index in [0.717, 1.165) is 25.7 Å². The van der Waals surface area contributed by atoms with Crippen LogP contribution in [0.5, 0.6) is 0 Å². The van der Waals surface area contributed by atoms with Gasteiger partial charge in [-0.05, 0) is 32.1 Å². The highest BCUT2D eigenvalue weighted by atomic mass is 35.5. The lowest BCUT2D eigenvalue weighted by atomic mass is 9.77. The summed E-state index contributed by atoms with van der Waals surface area (Å²) in [5.41, 5.74) is -0.171. The van der Waals surface area contributed by atoms with E-state index in [1.807, 2.05) is 6.92 Å². The minimum absolute atomic E-state index is 0.0847. The second kappa shape index (κ2) is 6.45. The predicted molar refractivity (Wildman–Crippen MR) is 65.8 cm³/mol. The van der Waals surface area contributed by atoms with Gasteiger partial charge in [-0.25, -0.2) is 0 Å². The largest absolute Gasteiger partial charge is 0.378 e. The molecule has 3 nitrogen and oxygen atoms in total. The molecule has 94 valence electrons. The fourth-order valence-corrected chi connectivity index (χ4v) is 2.06. The molecule has 0 saturated heterocycles. The summed E-state index contributed by atoms with van der Waals surface area (Å²) in [5.74, 6) is 0.0847. The van der Waals surface area contributed by atoms with Gasteiger partial charge >= 0.3 is 0 Å². The Bertz CT molecular complexity index is 224. The first-order valence-electron chi connectivity index (χ1n) is 6.08. The summed E-state index contributed by atoms with van der Waals surface area (Å²) in [6, 6.07) is 0. The van der Waals surface area contributed by atoms with Gasteiger partial charge in [0.15, 0.2) is 0 Å². The van der Waals surface area contributed by atoms with E-state index < -0.39 is 0 Å². The van der Waals surface area contributed by atoms with Crippen LogP contribution in [0.1, 0.15) is 45.4 Å². The predicted octanol–water partition coefficient (Wildman–Crippen LogP) is 2.47. The molecule has 1 saturated carbocycles. The van der Waals surface area contributed by atoms with E-state index in [-0.39, 0.29) is 16.9 Å². The molecule has 16 heavy (non-hydrogen) atoms. The van der Waals surface area contributed by atoms with Gasteiger partial charge < -0.3 is 10.1 Å². The molecule has 0 aromatic carbocycles. The summed E-state index contributed by atoms with van der Waals surface area (Å²) in [6.07, 6.45) is 5.44. The van der Waals surface area contributed by atoms with Gasteiger partial charge in [0.2, 0.25) is 5.91 Å². The van der Waals surface area contributed by atoms with Crippen molar-refractivity contribution < 1.29 is 9.53 Å². The average molecular weight is 248 g/mol. The molecule has 0 aromatic heterocycles. The Labute approximate surface area is 103 Å². The van der Waals surface area contributed by atoms with Crippen molar-refractivity contribution in [1.29, 1.82) is 0 Å². The zero-order chi connectivity index (χ0) is 12.0. The van der Waals surface area contributed by atoms with Gasteiger partial charge in [-0.15, -0.1) is 11.6 Å². The Morgan fingerprint density at radius 3 is 2.69 bits per heavy atom. The molecule has 0 heterocycles. The average Bonchev–Trinajstić information content (AvgIpc) is 2.23.